The van der Waals surface area contributed by atoms with Crippen LogP contribution in [0.5, 0.6) is 0 Å². The van der Waals surface area contributed by atoms with Crippen LogP contribution in [0.15, 0.2) is 18.2 Å². The van der Waals surface area contributed by atoms with Crippen molar-refractivity contribution in [3.63, 3.8) is 0 Å². The van der Waals surface area contributed by atoms with Gasteiger partial charge in [-0.05, 0) is 38.3 Å². The minimum Gasteiger partial charge on any atom is -0.329 e. The third-order valence-electron chi connectivity index (χ3n) is 4.24. The smallest absolute Gasteiger partial charge is 0.250 e. The summed E-state index contributed by atoms with van der Waals surface area (Å²) in [6, 6.07) is 4.22. The molecule has 1 aromatic carbocycles. The van der Waals surface area contributed by atoms with Gasteiger partial charge in [0.2, 0.25) is 5.91 Å². The number of nitrogens with zero attached hydrogens (tertiary/aromatic N) is 2. The number of anilines is 1. The van der Waals surface area contributed by atoms with Gasteiger partial charge in [-0.25, -0.2) is 0 Å². The minimum absolute atomic E-state index is 0.0182. The Morgan fingerprint density at radius 1 is 1.14 bits per heavy atom. The van der Waals surface area contributed by atoms with Crippen molar-refractivity contribution in [3.05, 3.63) is 28.2 Å². The first-order valence-electron chi connectivity index (χ1n) is 7.10. The summed E-state index contributed by atoms with van der Waals surface area (Å²) in [4.78, 5) is 28.6. The van der Waals surface area contributed by atoms with Gasteiger partial charge in [0.05, 0.1) is 15.7 Å². The van der Waals surface area contributed by atoms with E-state index in [-0.39, 0.29) is 17.9 Å². The summed E-state index contributed by atoms with van der Waals surface area (Å²) in [7, 11) is 0. The third kappa shape index (κ3) is 2.30. The molecule has 2 heterocycles. The number of halogens is 2. The molecule has 21 heavy (non-hydrogen) atoms. The van der Waals surface area contributed by atoms with Crippen molar-refractivity contribution in [2.75, 3.05) is 11.4 Å². The Labute approximate surface area is 133 Å². The maximum Gasteiger partial charge on any atom is 0.250 e. The van der Waals surface area contributed by atoms with Crippen molar-refractivity contribution in [1.29, 1.82) is 0 Å². The molecule has 0 bridgehead atoms. The lowest BCUT2D eigenvalue weighted by Crippen LogP contribution is -2.65. The maximum absolute atomic E-state index is 12.8. The Balaban J connectivity index is 2.03. The zero-order valence-corrected chi connectivity index (χ0v) is 13.2. The Hall–Kier alpha value is -1.26. The van der Waals surface area contributed by atoms with Crippen molar-refractivity contribution in [3.8, 4) is 0 Å². The van der Waals surface area contributed by atoms with Crippen LogP contribution in [0, 0.1) is 0 Å². The number of carbonyl (C=O) groups is 2. The summed E-state index contributed by atoms with van der Waals surface area (Å²) < 4.78 is 0. The average molecular weight is 327 g/mol. The van der Waals surface area contributed by atoms with E-state index >= 15 is 0 Å². The molecule has 2 aliphatic heterocycles. The van der Waals surface area contributed by atoms with Crippen LogP contribution in [0.1, 0.15) is 26.2 Å². The van der Waals surface area contributed by atoms with E-state index < -0.39 is 6.04 Å². The lowest BCUT2D eigenvalue weighted by Gasteiger charge is -2.46. The van der Waals surface area contributed by atoms with Crippen LogP contribution in [-0.4, -0.2) is 35.3 Å². The first-order valence-corrected chi connectivity index (χ1v) is 7.85. The van der Waals surface area contributed by atoms with Crippen LogP contribution in [0.3, 0.4) is 0 Å². The summed E-state index contributed by atoms with van der Waals surface area (Å²) in [5.74, 6) is -0.0821. The third-order valence-corrected chi connectivity index (χ3v) is 5.05. The van der Waals surface area contributed by atoms with Crippen LogP contribution in [0.2, 0.25) is 10.0 Å². The van der Waals surface area contributed by atoms with Gasteiger partial charge in [-0.2, -0.15) is 0 Å². The normalized spacial score (nSPS) is 26.0. The molecule has 112 valence electrons. The van der Waals surface area contributed by atoms with Gasteiger partial charge in [0.1, 0.15) is 12.1 Å². The minimum atomic E-state index is -0.553. The zero-order valence-electron chi connectivity index (χ0n) is 11.7. The maximum atomic E-state index is 12.8. The lowest BCUT2D eigenvalue weighted by atomic mass is 9.95. The summed E-state index contributed by atoms with van der Waals surface area (Å²) in [6.07, 6.45) is 2.64. The zero-order chi connectivity index (χ0) is 15.1. The molecule has 2 fully saturated rings. The van der Waals surface area contributed by atoms with E-state index in [1.165, 1.54) is 4.90 Å². The largest absolute Gasteiger partial charge is 0.329 e. The van der Waals surface area contributed by atoms with E-state index in [1.807, 2.05) is 0 Å². The summed E-state index contributed by atoms with van der Waals surface area (Å²) in [5, 5.41) is 0.698. The van der Waals surface area contributed by atoms with E-state index in [2.05, 4.69) is 0 Å². The van der Waals surface area contributed by atoms with E-state index in [0.717, 1.165) is 12.8 Å². The molecule has 2 amide bonds. The number of amides is 2. The van der Waals surface area contributed by atoms with Crippen LogP contribution < -0.4 is 4.90 Å². The molecule has 3 rings (SSSR count). The molecule has 2 atom stereocenters. The number of piperidine rings is 1. The average Bonchev–Trinajstić information content (AvgIpc) is 2.49. The fourth-order valence-electron chi connectivity index (χ4n) is 3.16. The first kappa shape index (κ1) is 14.7. The molecule has 0 radical (unpaired) electrons. The van der Waals surface area contributed by atoms with Gasteiger partial charge >= 0.3 is 0 Å². The summed E-state index contributed by atoms with van der Waals surface area (Å²) in [6.45, 7) is 2.40. The molecule has 2 aliphatic rings. The fourth-order valence-corrected chi connectivity index (χ4v) is 3.55. The van der Waals surface area contributed by atoms with Crippen LogP contribution in [0.25, 0.3) is 0 Å². The van der Waals surface area contributed by atoms with Gasteiger partial charge in [0.25, 0.3) is 5.91 Å². The van der Waals surface area contributed by atoms with E-state index in [0.29, 0.717) is 28.7 Å². The molecule has 4 nitrogen and oxygen atoms in total. The molecule has 2 unspecified atom stereocenters. The molecule has 0 aromatic heterocycles. The molecule has 2 saturated heterocycles. The molecule has 0 aliphatic carbocycles. The second-order valence-corrected chi connectivity index (χ2v) is 6.29. The summed E-state index contributed by atoms with van der Waals surface area (Å²) >= 11 is 12.3. The van der Waals surface area contributed by atoms with Gasteiger partial charge in [-0.3, -0.25) is 14.5 Å². The number of piperazine rings is 1. The topological polar surface area (TPSA) is 40.6 Å². The number of hydrogen-bond donors (Lipinski definition) is 0. The monoisotopic (exact) mass is 326 g/mol. The fraction of sp³-hybridized carbons (Fsp3) is 0.467. The second-order valence-electron chi connectivity index (χ2n) is 5.50. The van der Waals surface area contributed by atoms with Gasteiger partial charge in [0, 0.05) is 6.54 Å². The van der Waals surface area contributed by atoms with Crippen molar-refractivity contribution in [1.82, 2.24) is 4.90 Å². The first-order chi connectivity index (χ1) is 10.0. The molecule has 6 heteroatoms. The highest BCUT2D eigenvalue weighted by Crippen LogP contribution is 2.37. The Kier molecular flexibility index (Phi) is 3.84. The van der Waals surface area contributed by atoms with Gasteiger partial charge in [-0.1, -0.05) is 29.3 Å². The van der Waals surface area contributed by atoms with Crippen LogP contribution in [0.4, 0.5) is 5.69 Å². The highest BCUT2D eigenvalue weighted by molar-refractivity contribution is 6.44. The number of rotatable bonds is 1. The predicted octanol–water partition coefficient (Wildman–Crippen LogP) is 3.11. The van der Waals surface area contributed by atoms with Gasteiger partial charge in [0.15, 0.2) is 0 Å². The lowest BCUT2D eigenvalue weighted by molar-refractivity contribution is -0.147. The van der Waals surface area contributed by atoms with Crippen molar-refractivity contribution in [2.24, 2.45) is 0 Å². The van der Waals surface area contributed by atoms with E-state index in [9.17, 15) is 9.59 Å². The number of hydrogen-bond acceptors (Lipinski definition) is 2. The number of fused-ring (bicyclic) bond motifs is 1. The molecular weight excluding hydrogens is 311 g/mol. The number of benzene rings is 1. The van der Waals surface area contributed by atoms with Crippen molar-refractivity contribution >= 4 is 40.7 Å². The Morgan fingerprint density at radius 2 is 1.90 bits per heavy atom. The molecule has 0 saturated carbocycles. The van der Waals surface area contributed by atoms with E-state index in [1.54, 1.807) is 30.0 Å². The SMILES string of the molecule is CC1C(=O)N2CCCCC2C(=O)N1c1cccc(Cl)c1Cl. The number of carbonyl (C=O) groups excluding carboxylic acids is 2. The van der Waals surface area contributed by atoms with Crippen LogP contribution in [-0.2, 0) is 9.59 Å². The quantitative estimate of drug-likeness (QED) is 0.795. The Bertz CT molecular complexity index is 605. The summed E-state index contributed by atoms with van der Waals surface area (Å²) in [5.41, 5.74) is 0.514. The molecule has 0 N–H and O–H groups in total. The van der Waals surface area contributed by atoms with Crippen molar-refractivity contribution in [2.45, 2.75) is 38.3 Å². The molecule has 1 aromatic rings. The molecular formula is C15H16Cl2N2O2. The highest BCUT2D eigenvalue weighted by atomic mass is 35.5. The van der Waals surface area contributed by atoms with Gasteiger partial charge in [-0.15, -0.1) is 0 Å². The van der Waals surface area contributed by atoms with Crippen LogP contribution >= 0.6 is 23.2 Å². The van der Waals surface area contributed by atoms with Crippen molar-refractivity contribution < 1.29 is 9.59 Å². The molecule has 0 spiro atoms. The standard InChI is InChI=1S/C15H16Cl2N2O2/c1-9-14(20)18-8-3-2-6-12(18)15(21)19(9)11-7-4-5-10(16)13(11)17/h4-5,7,9,12H,2-3,6,8H2,1H3. The van der Waals surface area contributed by atoms with Gasteiger partial charge < -0.3 is 4.90 Å². The predicted molar refractivity (Wildman–Crippen MR) is 82.8 cm³/mol. The second kappa shape index (κ2) is 5.50. The Morgan fingerprint density at radius 3 is 2.67 bits per heavy atom. The van der Waals surface area contributed by atoms with E-state index in [4.69, 9.17) is 23.2 Å². The highest BCUT2D eigenvalue weighted by Gasteiger charge is 2.45.